The molecule has 9 N–H and O–H groups in total. The van der Waals surface area contributed by atoms with Crippen molar-refractivity contribution in [2.75, 3.05) is 72.6 Å². The molecule has 1 saturated carbocycles. The highest BCUT2D eigenvalue weighted by atomic mass is 16.2. The molecule has 2 amide bonds. The van der Waals surface area contributed by atoms with Crippen molar-refractivity contribution in [3.8, 4) is 22.7 Å². The van der Waals surface area contributed by atoms with E-state index < -0.39 is 0 Å². The lowest BCUT2D eigenvalue weighted by atomic mass is 9.92. The number of imidazole rings is 4. The number of fused-ring (bicyclic) bond motifs is 1. The molecular weight excluding hydrogens is 1110 g/mol. The maximum atomic E-state index is 13.4. The van der Waals surface area contributed by atoms with E-state index in [9.17, 15) is 9.59 Å². The van der Waals surface area contributed by atoms with Gasteiger partial charge < -0.3 is 56.7 Å². The summed E-state index contributed by atoms with van der Waals surface area (Å²) in [5.74, 6) is 0. The van der Waals surface area contributed by atoms with Crippen LogP contribution in [0.25, 0.3) is 33.9 Å². The Morgan fingerprint density at radius 1 is 0.596 bits per heavy atom. The van der Waals surface area contributed by atoms with Crippen LogP contribution in [0.3, 0.4) is 0 Å². The SMILES string of the molecule is C.C.C.CCC(CC)N1CCN(C(=O)Nc2ccc(-n3ccnc3)cc2)c2cnc(C)cc21.CCC(CC)N1CCn2c(=O)n(-c3ccc(-n4ccnc4)cc3)c3nc(C)cc1c32.CNCCNC.N[C@@H]1CCCC[C@H]1N.Nc1ccc(-n2ccnc2)cc1. The quantitative estimate of drug-likeness (QED) is 0.0438. The van der Waals surface area contributed by atoms with Crippen molar-refractivity contribution in [3.63, 3.8) is 0 Å². The maximum absolute atomic E-state index is 13.4. The number of aromatic nitrogens is 10. The summed E-state index contributed by atoms with van der Waals surface area (Å²) >= 11 is 0. The zero-order chi connectivity index (χ0) is 61.1. The van der Waals surface area contributed by atoms with E-state index in [1.807, 2.05) is 144 Å². The second-order valence-corrected chi connectivity index (χ2v) is 21.8. The number of nitrogen functional groups attached to an aromatic ring is 1. The molecule has 21 heteroatoms. The molecule has 480 valence electrons. The Morgan fingerprint density at radius 2 is 1.04 bits per heavy atom. The van der Waals surface area contributed by atoms with Crippen molar-refractivity contribution in [1.82, 2.24) is 58.4 Å². The van der Waals surface area contributed by atoms with E-state index in [-0.39, 0.29) is 46.1 Å². The van der Waals surface area contributed by atoms with E-state index >= 15 is 0 Å². The summed E-state index contributed by atoms with van der Waals surface area (Å²) in [6.07, 6.45) is 27.1. The summed E-state index contributed by atoms with van der Waals surface area (Å²) in [4.78, 5) is 54.6. The fraction of sp³-hybridized carbons (Fsp3) is 0.426. The summed E-state index contributed by atoms with van der Waals surface area (Å²) in [6, 6.07) is 28.9. The molecule has 9 aromatic rings. The number of nitrogens with zero attached hydrogens (tertiary/aromatic N) is 13. The number of carbonyl (C=O) groups is 1. The van der Waals surface area contributed by atoms with Crippen molar-refractivity contribution in [3.05, 3.63) is 169 Å². The van der Waals surface area contributed by atoms with Crippen LogP contribution >= 0.6 is 0 Å². The summed E-state index contributed by atoms with van der Waals surface area (Å²) in [5, 5.41) is 9.04. The molecule has 21 nitrogen and oxygen atoms in total. The molecule has 2 aliphatic heterocycles. The number of benzene rings is 3. The Labute approximate surface area is 528 Å². The molecule has 8 heterocycles. The third kappa shape index (κ3) is 17.8. The molecule has 1 aliphatic carbocycles. The third-order valence-electron chi connectivity index (χ3n) is 16.1. The van der Waals surface area contributed by atoms with Gasteiger partial charge in [-0.2, -0.15) is 0 Å². The Morgan fingerprint density at radius 3 is 1.51 bits per heavy atom. The monoisotopic (exact) mass is 1220 g/mol. The minimum atomic E-state index is -0.138. The number of nitrogens with two attached hydrogens (primary N) is 3. The van der Waals surface area contributed by atoms with Gasteiger partial charge in [0.1, 0.15) is 5.52 Å². The Bertz CT molecular complexity index is 3500. The predicted molar refractivity (Wildman–Crippen MR) is 370 cm³/mol. The van der Waals surface area contributed by atoms with E-state index in [1.165, 1.54) is 12.8 Å². The predicted octanol–water partition coefficient (Wildman–Crippen LogP) is 11.3. The molecule has 0 bridgehead atoms. The maximum Gasteiger partial charge on any atom is 0.335 e. The highest BCUT2D eigenvalue weighted by molar-refractivity contribution is 6.04. The number of likely N-dealkylation sites (N-methyl/N-ethyl adjacent to an activating group) is 2. The molecular formula is C68H101N19O2. The highest BCUT2D eigenvalue weighted by Gasteiger charge is 2.31. The number of pyridine rings is 2. The van der Waals surface area contributed by atoms with Gasteiger partial charge >= 0.3 is 11.7 Å². The third-order valence-corrected chi connectivity index (χ3v) is 16.1. The van der Waals surface area contributed by atoms with Gasteiger partial charge in [-0.05, 0) is 151 Å². The van der Waals surface area contributed by atoms with Gasteiger partial charge in [0.05, 0.1) is 47.9 Å². The van der Waals surface area contributed by atoms with Crippen LogP contribution in [0.15, 0.2) is 152 Å². The highest BCUT2D eigenvalue weighted by Crippen LogP contribution is 2.37. The van der Waals surface area contributed by atoms with Crippen LogP contribution in [0.5, 0.6) is 0 Å². The molecule has 89 heavy (non-hydrogen) atoms. The molecule has 6 aromatic heterocycles. The smallest absolute Gasteiger partial charge is 0.335 e. The van der Waals surface area contributed by atoms with Gasteiger partial charge in [-0.3, -0.25) is 14.5 Å². The fourth-order valence-corrected chi connectivity index (χ4v) is 11.2. The van der Waals surface area contributed by atoms with Gasteiger partial charge in [-0.25, -0.2) is 34.1 Å². The molecule has 2 atom stereocenters. The summed E-state index contributed by atoms with van der Waals surface area (Å²) in [7, 11) is 3.88. The number of nitrogens with one attached hydrogen (secondary N) is 3. The fourth-order valence-electron chi connectivity index (χ4n) is 11.2. The van der Waals surface area contributed by atoms with E-state index in [1.54, 1.807) is 47.0 Å². The van der Waals surface area contributed by atoms with Gasteiger partial charge in [-0.15, -0.1) is 0 Å². The molecule has 0 saturated heterocycles. The molecule has 12 rings (SSSR count). The Balaban J connectivity index is 0.000000227. The lowest BCUT2D eigenvalue weighted by molar-refractivity contribution is 0.256. The first kappa shape index (κ1) is 71.1. The van der Waals surface area contributed by atoms with Gasteiger partial charge in [-0.1, -0.05) is 62.8 Å². The molecule has 1 fully saturated rings. The van der Waals surface area contributed by atoms with Crippen LogP contribution in [0, 0.1) is 13.8 Å². The topological polar surface area (TPSA) is 247 Å². The zero-order valence-electron chi connectivity index (χ0n) is 51.4. The van der Waals surface area contributed by atoms with Crippen LogP contribution in [-0.2, 0) is 6.54 Å². The normalized spacial score (nSPS) is 14.6. The van der Waals surface area contributed by atoms with Crippen LogP contribution in [0.1, 0.15) is 113 Å². The van der Waals surface area contributed by atoms with Crippen LogP contribution in [0.2, 0.25) is 0 Å². The van der Waals surface area contributed by atoms with Crippen molar-refractivity contribution in [1.29, 1.82) is 0 Å². The van der Waals surface area contributed by atoms with E-state index in [2.05, 4.69) is 85.5 Å². The van der Waals surface area contributed by atoms with Crippen molar-refractivity contribution in [2.24, 2.45) is 11.5 Å². The average molecular weight is 1220 g/mol. The van der Waals surface area contributed by atoms with Gasteiger partial charge in [0.15, 0.2) is 5.65 Å². The second-order valence-electron chi connectivity index (χ2n) is 21.8. The summed E-state index contributed by atoms with van der Waals surface area (Å²) in [5.41, 5.74) is 28.9. The minimum Gasteiger partial charge on any atom is -0.399 e. The first-order valence-electron chi connectivity index (χ1n) is 30.3. The van der Waals surface area contributed by atoms with E-state index in [4.69, 9.17) is 22.2 Å². The van der Waals surface area contributed by atoms with Gasteiger partial charge in [0, 0.05) is 140 Å². The van der Waals surface area contributed by atoms with Crippen LogP contribution in [0.4, 0.5) is 33.2 Å². The lowest BCUT2D eigenvalue weighted by Crippen LogP contribution is -2.49. The molecule has 0 radical (unpaired) electrons. The largest absolute Gasteiger partial charge is 0.399 e. The first-order valence-corrected chi connectivity index (χ1v) is 30.3. The van der Waals surface area contributed by atoms with E-state index in [0.29, 0.717) is 25.2 Å². The van der Waals surface area contributed by atoms with Gasteiger partial charge in [0.25, 0.3) is 0 Å². The van der Waals surface area contributed by atoms with Crippen LogP contribution < -0.4 is 53.5 Å². The Kier molecular flexibility index (Phi) is 27.8. The van der Waals surface area contributed by atoms with Crippen molar-refractivity contribution >= 4 is 45.6 Å². The van der Waals surface area contributed by atoms with Crippen molar-refractivity contribution < 1.29 is 4.79 Å². The summed E-state index contributed by atoms with van der Waals surface area (Å²) < 4.78 is 9.43. The average Bonchev–Trinajstić information content (AvgIpc) is 1.65. The Hall–Kier alpha value is -8.63. The molecule has 0 spiro atoms. The first-order chi connectivity index (χ1) is 41.8. The number of carbonyl (C=O) groups excluding carboxylic acids is 1. The number of urea groups is 1. The number of amides is 2. The minimum absolute atomic E-state index is 0. The lowest BCUT2D eigenvalue weighted by Gasteiger charge is -2.41. The number of hydrogen-bond donors (Lipinski definition) is 6. The summed E-state index contributed by atoms with van der Waals surface area (Å²) in [6.45, 7) is 18.0. The van der Waals surface area contributed by atoms with Crippen LogP contribution in [-0.4, -0.2) is 125 Å². The second kappa shape index (κ2) is 34.8. The number of rotatable bonds is 14. The number of hydrogen-bond acceptors (Lipinski definition) is 14. The number of anilines is 5. The molecule has 0 unspecified atom stereocenters. The van der Waals surface area contributed by atoms with E-state index in [0.717, 1.165) is 138 Å². The molecule has 3 aliphatic rings. The zero-order valence-corrected chi connectivity index (χ0v) is 51.4. The standard InChI is InChI=1S/C23H26N6O.C23H28N6O.C9H9N3.C6H14N2.C4H12N2.3CH4/c1-4-17(5-2)27-12-13-28-21-20(27)14-16(3)25-22(21)29(23(28)30)19-8-6-18(7-9-19)26-11-10-24-15-26;1-4-19(5-2)28-12-13-29(22-15-25-17(3)14-21(22)28)23(30)26-18-6-8-20(9-7-18)27-11-10-24-16-27;10-8-1-3-9(4-2-8)12-6-5-11-7-12;7-5-3-1-2-4-6(5)8;1-5-3-4-6-2;;;/h6-11,14-15,17H,4-5,12-13H2,1-3H3;6-11,14-16,19H,4-5,12-13H2,1-3H3,(H,26,30);1-7H,10H2;5-6H,1-4,7-8H2;5-6H,3-4H2,1-2H3;3*1H4/t;;;5-,6-;;;;/m...1..../s1. The molecule has 3 aromatic carbocycles. The van der Waals surface area contributed by atoms with Crippen molar-refractivity contribution in [2.45, 2.75) is 146 Å². The van der Waals surface area contributed by atoms with Gasteiger partial charge in [0.2, 0.25) is 0 Å². The number of aryl methyl sites for hydroxylation is 2.